The number of unbranched alkanes of at least 4 members (excludes halogenated alkanes) is 33. The van der Waals surface area contributed by atoms with Gasteiger partial charge in [0, 0.05) is 19.3 Å². The molecule has 0 amide bonds. The zero-order valence-corrected chi connectivity index (χ0v) is 45.8. The summed E-state index contributed by atoms with van der Waals surface area (Å²) in [4.78, 5) is 38.0. The van der Waals surface area contributed by atoms with Gasteiger partial charge < -0.3 is 14.2 Å². The highest BCUT2D eigenvalue weighted by Gasteiger charge is 2.19. The Bertz CT molecular complexity index is 1250. The van der Waals surface area contributed by atoms with Crippen LogP contribution in [0.25, 0.3) is 0 Å². The highest BCUT2D eigenvalue weighted by atomic mass is 16.6. The van der Waals surface area contributed by atoms with E-state index in [4.69, 9.17) is 14.2 Å². The van der Waals surface area contributed by atoms with E-state index in [-0.39, 0.29) is 31.1 Å². The van der Waals surface area contributed by atoms with Gasteiger partial charge in [-0.2, -0.15) is 0 Å². The van der Waals surface area contributed by atoms with Crippen LogP contribution in [0.2, 0.25) is 0 Å². The molecule has 69 heavy (non-hydrogen) atoms. The van der Waals surface area contributed by atoms with Crippen molar-refractivity contribution >= 4 is 17.9 Å². The van der Waals surface area contributed by atoms with Crippen molar-refractivity contribution in [3.63, 3.8) is 0 Å². The number of carbonyl (C=O) groups is 3. The predicted octanol–water partition coefficient (Wildman–Crippen LogP) is 20.0. The van der Waals surface area contributed by atoms with Crippen LogP contribution in [-0.2, 0) is 28.6 Å². The fraction of sp³-hybridized carbons (Fsp3) is 0.794. The Morgan fingerprint density at radius 1 is 0.290 bits per heavy atom. The lowest BCUT2D eigenvalue weighted by Crippen LogP contribution is -2.30. The van der Waals surface area contributed by atoms with E-state index in [1.165, 1.54) is 167 Å². The van der Waals surface area contributed by atoms with Crippen molar-refractivity contribution in [2.24, 2.45) is 0 Å². The molecule has 0 fully saturated rings. The van der Waals surface area contributed by atoms with Gasteiger partial charge in [-0.3, -0.25) is 14.4 Å². The fourth-order valence-electron chi connectivity index (χ4n) is 8.47. The summed E-state index contributed by atoms with van der Waals surface area (Å²) in [5, 5.41) is 0. The molecule has 0 aromatic rings. The average Bonchev–Trinajstić information content (AvgIpc) is 3.35. The number of rotatable bonds is 54. The van der Waals surface area contributed by atoms with Crippen LogP contribution in [0.5, 0.6) is 0 Å². The van der Waals surface area contributed by atoms with Crippen LogP contribution in [0.4, 0.5) is 0 Å². The van der Waals surface area contributed by atoms with Gasteiger partial charge in [-0.05, 0) is 83.5 Å². The molecule has 0 bridgehead atoms. The Morgan fingerprint density at radius 2 is 0.536 bits per heavy atom. The van der Waals surface area contributed by atoms with Crippen molar-refractivity contribution in [1.29, 1.82) is 0 Å². The third-order valence-corrected chi connectivity index (χ3v) is 13.0. The smallest absolute Gasteiger partial charge is 0.306 e. The van der Waals surface area contributed by atoms with Gasteiger partial charge in [0.05, 0.1) is 0 Å². The standard InChI is InChI=1S/C63H112O6/c1-4-7-10-13-16-19-21-23-25-26-27-28-29-30-31-32-33-34-35-36-37-38-39-41-42-44-47-50-53-56-62(65)68-59-60(58-67-61(64)55-52-49-46-18-15-12-9-6-3)69-63(66)57-54-51-48-45-43-40-24-22-20-17-14-11-8-5-2/h14,17,21-24,26-27,29-30,60H,4-13,15-16,18-20,25,28,31-59H2,1-3H3/b17-14-,23-21-,24-22-,27-26-,30-29-. The Hall–Kier alpha value is -2.89. The van der Waals surface area contributed by atoms with Crippen LogP contribution >= 0.6 is 0 Å². The van der Waals surface area contributed by atoms with Crippen molar-refractivity contribution in [2.45, 2.75) is 309 Å². The summed E-state index contributed by atoms with van der Waals surface area (Å²) in [6.07, 6.45) is 72.4. The zero-order valence-electron chi connectivity index (χ0n) is 45.8. The first-order valence-corrected chi connectivity index (χ1v) is 29.8. The molecule has 0 aliphatic carbocycles. The van der Waals surface area contributed by atoms with Gasteiger partial charge >= 0.3 is 17.9 Å². The third-order valence-electron chi connectivity index (χ3n) is 13.0. The Balaban J connectivity index is 4.10. The van der Waals surface area contributed by atoms with E-state index < -0.39 is 6.10 Å². The molecule has 0 rings (SSSR count). The predicted molar refractivity (Wildman–Crippen MR) is 298 cm³/mol. The lowest BCUT2D eigenvalue weighted by atomic mass is 10.0. The van der Waals surface area contributed by atoms with Crippen LogP contribution < -0.4 is 0 Å². The van der Waals surface area contributed by atoms with Gasteiger partial charge in [0.1, 0.15) is 13.2 Å². The molecule has 0 spiro atoms. The largest absolute Gasteiger partial charge is 0.462 e. The molecule has 0 aliphatic heterocycles. The van der Waals surface area contributed by atoms with Crippen LogP contribution in [-0.4, -0.2) is 37.2 Å². The lowest BCUT2D eigenvalue weighted by Gasteiger charge is -2.18. The van der Waals surface area contributed by atoms with Gasteiger partial charge in [0.25, 0.3) is 0 Å². The summed E-state index contributed by atoms with van der Waals surface area (Å²) in [7, 11) is 0. The SMILES string of the molecule is CCCC/C=C\C/C=C\CCCCCCCC(=O)OC(COC(=O)CCCCCCCCCC)COC(=O)CCCCCCCCCCCCCCCC/C=C\C/C=C\C/C=C\CCCCCCC. The first-order valence-electron chi connectivity index (χ1n) is 29.8. The quantitative estimate of drug-likeness (QED) is 0.0262. The molecule has 0 aromatic carbocycles. The number of carbonyl (C=O) groups excluding carboxylic acids is 3. The second-order valence-electron chi connectivity index (χ2n) is 19.9. The van der Waals surface area contributed by atoms with Crippen molar-refractivity contribution < 1.29 is 28.6 Å². The number of allylic oxidation sites excluding steroid dienone is 10. The molecule has 0 saturated heterocycles. The normalized spacial score (nSPS) is 12.4. The molecule has 0 saturated carbocycles. The van der Waals surface area contributed by atoms with Crippen molar-refractivity contribution in [1.82, 2.24) is 0 Å². The summed E-state index contributed by atoms with van der Waals surface area (Å²) in [6, 6.07) is 0. The maximum Gasteiger partial charge on any atom is 0.306 e. The van der Waals surface area contributed by atoms with E-state index in [0.717, 1.165) is 96.3 Å². The Labute approximate surface area is 428 Å². The van der Waals surface area contributed by atoms with Crippen molar-refractivity contribution in [3.8, 4) is 0 Å². The second-order valence-corrected chi connectivity index (χ2v) is 19.9. The Morgan fingerprint density at radius 3 is 0.855 bits per heavy atom. The van der Waals surface area contributed by atoms with Gasteiger partial charge in [0.15, 0.2) is 6.10 Å². The molecular weight excluding hydrogens is 853 g/mol. The van der Waals surface area contributed by atoms with E-state index >= 15 is 0 Å². The molecule has 0 N–H and O–H groups in total. The van der Waals surface area contributed by atoms with E-state index in [1.807, 2.05) is 0 Å². The van der Waals surface area contributed by atoms with Gasteiger partial charge in [-0.25, -0.2) is 0 Å². The minimum atomic E-state index is -0.778. The molecule has 6 nitrogen and oxygen atoms in total. The molecule has 0 heterocycles. The molecule has 6 heteroatoms. The summed E-state index contributed by atoms with van der Waals surface area (Å²) in [5.74, 6) is -0.887. The lowest BCUT2D eigenvalue weighted by molar-refractivity contribution is -0.167. The van der Waals surface area contributed by atoms with E-state index in [1.54, 1.807) is 0 Å². The van der Waals surface area contributed by atoms with Gasteiger partial charge in [0.2, 0.25) is 0 Å². The van der Waals surface area contributed by atoms with Crippen LogP contribution in [0.15, 0.2) is 60.8 Å². The summed E-state index contributed by atoms with van der Waals surface area (Å²) in [6.45, 7) is 6.57. The van der Waals surface area contributed by atoms with Gasteiger partial charge in [-0.1, -0.05) is 261 Å². The zero-order chi connectivity index (χ0) is 50.0. The maximum atomic E-state index is 12.8. The molecule has 0 radical (unpaired) electrons. The summed E-state index contributed by atoms with van der Waals surface area (Å²) < 4.78 is 16.8. The van der Waals surface area contributed by atoms with Crippen molar-refractivity contribution in [3.05, 3.63) is 60.8 Å². The minimum Gasteiger partial charge on any atom is -0.462 e. The second kappa shape index (κ2) is 57.7. The summed E-state index contributed by atoms with van der Waals surface area (Å²) >= 11 is 0. The third kappa shape index (κ3) is 55.9. The maximum absolute atomic E-state index is 12.8. The Kier molecular flexibility index (Phi) is 55.3. The average molecular weight is 966 g/mol. The highest BCUT2D eigenvalue weighted by Crippen LogP contribution is 2.16. The number of hydrogen-bond donors (Lipinski definition) is 0. The molecule has 0 aliphatic rings. The number of esters is 3. The van der Waals surface area contributed by atoms with Crippen LogP contribution in [0.1, 0.15) is 303 Å². The van der Waals surface area contributed by atoms with E-state index in [9.17, 15) is 14.4 Å². The molecule has 400 valence electrons. The van der Waals surface area contributed by atoms with Gasteiger partial charge in [-0.15, -0.1) is 0 Å². The fourth-order valence-corrected chi connectivity index (χ4v) is 8.47. The van der Waals surface area contributed by atoms with E-state index in [2.05, 4.69) is 81.5 Å². The molecule has 0 aromatic heterocycles. The monoisotopic (exact) mass is 965 g/mol. The summed E-state index contributed by atoms with van der Waals surface area (Å²) in [5.41, 5.74) is 0. The first kappa shape index (κ1) is 66.1. The van der Waals surface area contributed by atoms with Crippen molar-refractivity contribution in [2.75, 3.05) is 13.2 Å². The number of ether oxygens (including phenoxy) is 3. The molecular formula is C63H112O6. The first-order chi connectivity index (χ1) is 34.0. The molecule has 1 atom stereocenters. The van der Waals surface area contributed by atoms with Crippen LogP contribution in [0, 0.1) is 0 Å². The molecule has 1 unspecified atom stereocenters. The minimum absolute atomic E-state index is 0.0776. The van der Waals surface area contributed by atoms with E-state index in [0.29, 0.717) is 19.3 Å². The van der Waals surface area contributed by atoms with Crippen LogP contribution in [0.3, 0.4) is 0 Å². The topological polar surface area (TPSA) is 78.9 Å². The number of hydrogen-bond acceptors (Lipinski definition) is 6. The highest BCUT2D eigenvalue weighted by molar-refractivity contribution is 5.71.